The zero-order valence-corrected chi connectivity index (χ0v) is 17.3. The molecular weight excluding hydrogens is 412 g/mol. The van der Waals surface area contributed by atoms with E-state index in [1.165, 1.54) is 6.07 Å². The quantitative estimate of drug-likeness (QED) is 0.593. The van der Waals surface area contributed by atoms with Crippen molar-refractivity contribution in [3.8, 4) is 5.75 Å². The molecule has 0 saturated carbocycles. The molecule has 0 atom stereocenters. The Bertz CT molecular complexity index is 1150. The van der Waals surface area contributed by atoms with Gasteiger partial charge < -0.3 is 10.1 Å². The second-order valence-electron chi connectivity index (χ2n) is 6.25. The minimum atomic E-state index is -3.90. The Morgan fingerprint density at radius 3 is 2.34 bits per heavy atom. The number of carbonyl (C=O) groups excluding carboxylic acids is 1. The molecule has 0 unspecified atom stereocenters. The fourth-order valence-corrected chi connectivity index (χ4v) is 4.25. The maximum absolute atomic E-state index is 12.9. The van der Waals surface area contributed by atoms with E-state index in [1.54, 1.807) is 74.7 Å². The molecule has 3 aromatic carbocycles. The highest BCUT2D eigenvalue weighted by molar-refractivity contribution is 7.92. The average molecular weight is 431 g/mol. The summed E-state index contributed by atoms with van der Waals surface area (Å²) in [4.78, 5) is 12.5. The molecule has 3 aromatic rings. The number of benzene rings is 3. The molecule has 150 valence electrons. The lowest BCUT2D eigenvalue weighted by Crippen LogP contribution is -2.16. The van der Waals surface area contributed by atoms with Crippen LogP contribution in [0.5, 0.6) is 5.75 Å². The zero-order chi connectivity index (χ0) is 21.0. The Balaban J connectivity index is 1.85. The second-order valence-corrected chi connectivity index (χ2v) is 8.31. The maximum Gasteiger partial charge on any atom is 0.262 e. The molecule has 6 nitrogen and oxygen atoms in total. The number of hydrogen-bond donors (Lipinski definition) is 2. The van der Waals surface area contributed by atoms with Crippen molar-refractivity contribution < 1.29 is 17.9 Å². The van der Waals surface area contributed by atoms with Gasteiger partial charge in [0.25, 0.3) is 15.9 Å². The zero-order valence-electron chi connectivity index (χ0n) is 15.8. The molecule has 0 bridgehead atoms. The van der Waals surface area contributed by atoms with Gasteiger partial charge in [0.15, 0.2) is 0 Å². The van der Waals surface area contributed by atoms with Crippen LogP contribution in [0.25, 0.3) is 0 Å². The first-order chi connectivity index (χ1) is 13.8. The lowest BCUT2D eigenvalue weighted by Gasteiger charge is -2.13. The van der Waals surface area contributed by atoms with Crippen molar-refractivity contribution in [3.63, 3.8) is 0 Å². The van der Waals surface area contributed by atoms with Gasteiger partial charge in [-0.2, -0.15) is 0 Å². The highest BCUT2D eigenvalue weighted by Gasteiger charge is 2.19. The van der Waals surface area contributed by atoms with Gasteiger partial charge in [0.1, 0.15) is 5.75 Å². The van der Waals surface area contributed by atoms with Gasteiger partial charge in [0, 0.05) is 11.3 Å². The second kappa shape index (κ2) is 8.55. The molecule has 8 heteroatoms. The minimum Gasteiger partial charge on any atom is -0.497 e. The van der Waals surface area contributed by atoms with Gasteiger partial charge in [-0.15, -0.1) is 0 Å². The molecule has 0 heterocycles. The summed E-state index contributed by atoms with van der Waals surface area (Å²) in [6.07, 6.45) is 0. The fourth-order valence-electron chi connectivity index (χ4n) is 2.66. The van der Waals surface area contributed by atoms with Crippen molar-refractivity contribution in [1.82, 2.24) is 0 Å². The number of ether oxygens (including phenoxy) is 1. The first-order valence-electron chi connectivity index (χ1n) is 8.63. The van der Waals surface area contributed by atoms with Crippen LogP contribution in [-0.2, 0) is 10.0 Å². The van der Waals surface area contributed by atoms with Crippen LogP contribution < -0.4 is 14.8 Å². The molecule has 29 heavy (non-hydrogen) atoms. The lowest BCUT2D eigenvalue weighted by molar-refractivity contribution is 0.102. The van der Waals surface area contributed by atoms with E-state index in [4.69, 9.17) is 16.3 Å². The number of amides is 1. The molecule has 3 rings (SSSR count). The van der Waals surface area contributed by atoms with Crippen molar-refractivity contribution in [2.75, 3.05) is 17.1 Å². The lowest BCUT2D eigenvalue weighted by atomic mass is 10.2. The number of para-hydroxylation sites is 1. The largest absolute Gasteiger partial charge is 0.497 e. The van der Waals surface area contributed by atoms with E-state index >= 15 is 0 Å². The normalized spacial score (nSPS) is 11.0. The van der Waals surface area contributed by atoms with Crippen LogP contribution in [0, 0.1) is 6.92 Å². The van der Waals surface area contributed by atoms with Gasteiger partial charge in [-0.1, -0.05) is 29.8 Å². The van der Waals surface area contributed by atoms with Gasteiger partial charge in [-0.05, 0) is 61.0 Å². The Hall–Kier alpha value is -3.03. The van der Waals surface area contributed by atoms with E-state index in [0.717, 1.165) is 0 Å². The third-order valence-corrected chi connectivity index (χ3v) is 6.04. The van der Waals surface area contributed by atoms with Crippen LogP contribution in [0.1, 0.15) is 15.9 Å². The number of hydrogen-bond acceptors (Lipinski definition) is 4. The molecule has 1 amide bonds. The standard InChI is InChI=1S/C21H19ClN2O4S/c1-14-7-10-16(23-21(25)15-8-11-17(28-2)12-9-15)13-20(14)29(26,27)24-19-6-4-3-5-18(19)22/h3-13,24H,1-2H3,(H,23,25). The number of halogens is 1. The summed E-state index contributed by atoms with van der Waals surface area (Å²) < 4.78 is 33.3. The minimum absolute atomic E-state index is 0.0463. The molecular formula is C21H19ClN2O4S. The molecule has 0 fully saturated rings. The van der Waals surface area contributed by atoms with Gasteiger partial charge in [0.2, 0.25) is 0 Å². The molecule has 0 saturated heterocycles. The number of aryl methyl sites for hydroxylation is 1. The molecule has 0 spiro atoms. The highest BCUT2D eigenvalue weighted by Crippen LogP contribution is 2.27. The molecule has 0 aromatic heterocycles. The van der Waals surface area contributed by atoms with E-state index in [0.29, 0.717) is 22.6 Å². The smallest absolute Gasteiger partial charge is 0.262 e. The number of carbonyl (C=O) groups is 1. The maximum atomic E-state index is 12.9. The van der Waals surface area contributed by atoms with Crippen molar-refractivity contribution in [1.29, 1.82) is 0 Å². The number of rotatable bonds is 6. The van der Waals surface area contributed by atoms with Crippen LogP contribution in [0.4, 0.5) is 11.4 Å². The van der Waals surface area contributed by atoms with Gasteiger partial charge in [-0.3, -0.25) is 9.52 Å². The van der Waals surface area contributed by atoms with E-state index in [1.807, 2.05) is 0 Å². The number of anilines is 2. The topological polar surface area (TPSA) is 84.5 Å². The Labute approximate surface area is 174 Å². The van der Waals surface area contributed by atoms with Crippen LogP contribution in [-0.4, -0.2) is 21.4 Å². The van der Waals surface area contributed by atoms with E-state index in [2.05, 4.69) is 10.0 Å². The number of sulfonamides is 1. The Morgan fingerprint density at radius 2 is 1.69 bits per heavy atom. The molecule has 2 N–H and O–H groups in total. The Kier molecular flexibility index (Phi) is 6.10. The summed E-state index contributed by atoms with van der Waals surface area (Å²) in [5, 5.41) is 3.00. The van der Waals surface area contributed by atoms with Crippen LogP contribution in [0.2, 0.25) is 5.02 Å². The number of methoxy groups -OCH3 is 1. The first kappa shape index (κ1) is 20.7. The summed E-state index contributed by atoms with van der Waals surface area (Å²) in [5.74, 6) is 0.273. The van der Waals surface area contributed by atoms with Crippen molar-refractivity contribution in [2.45, 2.75) is 11.8 Å². The van der Waals surface area contributed by atoms with Crippen LogP contribution in [0.3, 0.4) is 0 Å². The predicted molar refractivity (Wildman–Crippen MR) is 114 cm³/mol. The highest BCUT2D eigenvalue weighted by atomic mass is 35.5. The summed E-state index contributed by atoms with van der Waals surface area (Å²) in [7, 11) is -2.36. The number of nitrogens with one attached hydrogen (secondary N) is 2. The molecule has 0 aliphatic heterocycles. The fraction of sp³-hybridized carbons (Fsp3) is 0.0952. The third-order valence-electron chi connectivity index (χ3n) is 4.21. The molecule has 0 aliphatic carbocycles. The van der Waals surface area contributed by atoms with Crippen LogP contribution in [0.15, 0.2) is 71.6 Å². The van der Waals surface area contributed by atoms with Crippen molar-refractivity contribution >= 4 is 38.9 Å². The van der Waals surface area contributed by atoms with Gasteiger partial charge in [-0.25, -0.2) is 8.42 Å². The summed E-state index contributed by atoms with van der Waals surface area (Å²) >= 11 is 6.05. The monoisotopic (exact) mass is 430 g/mol. The first-order valence-corrected chi connectivity index (χ1v) is 10.5. The summed E-state index contributed by atoms with van der Waals surface area (Å²) in [6.45, 7) is 1.68. The summed E-state index contributed by atoms with van der Waals surface area (Å²) in [6, 6.07) is 17.8. The van der Waals surface area contributed by atoms with Crippen molar-refractivity contribution in [3.05, 3.63) is 82.9 Å². The molecule has 0 radical (unpaired) electrons. The van der Waals surface area contributed by atoms with Gasteiger partial charge >= 0.3 is 0 Å². The average Bonchev–Trinajstić information content (AvgIpc) is 2.71. The Morgan fingerprint density at radius 1 is 1.00 bits per heavy atom. The van der Waals surface area contributed by atoms with Crippen molar-refractivity contribution in [2.24, 2.45) is 0 Å². The van der Waals surface area contributed by atoms with E-state index < -0.39 is 10.0 Å². The molecule has 0 aliphatic rings. The van der Waals surface area contributed by atoms with E-state index in [9.17, 15) is 13.2 Å². The summed E-state index contributed by atoms with van der Waals surface area (Å²) in [5.41, 5.74) is 1.59. The van der Waals surface area contributed by atoms with E-state index in [-0.39, 0.29) is 21.5 Å². The third kappa shape index (κ3) is 4.88. The van der Waals surface area contributed by atoms with Crippen LogP contribution >= 0.6 is 11.6 Å². The SMILES string of the molecule is COc1ccc(C(=O)Nc2ccc(C)c(S(=O)(=O)Nc3ccccc3Cl)c2)cc1. The van der Waals surface area contributed by atoms with Gasteiger partial charge in [0.05, 0.1) is 22.7 Å². The predicted octanol–water partition coefficient (Wildman–Crippen LogP) is 4.71.